The van der Waals surface area contributed by atoms with E-state index in [1.807, 2.05) is 11.8 Å². The van der Waals surface area contributed by atoms with Gasteiger partial charge in [-0.15, -0.1) is 0 Å². The lowest BCUT2D eigenvalue weighted by Crippen LogP contribution is -2.31. The lowest BCUT2D eigenvalue weighted by molar-refractivity contribution is 0.0694. The second-order valence-electron chi connectivity index (χ2n) is 7.81. The Labute approximate surface area is 154 Å². The number of halogens is 1. The third-order valence-corrected chi connectivity index (χ3v) is 6.33. The molecule has 3 aliphatic rings. The van der Waals surface area contributed by atoms with E-state index in [1.165, 1.54) is 6.20 Å². The Hall–Kier alpha value is -2.61. The minimum atomic E-state index is -1.32. The number of carbonyl (C=O) groups is 1. The zero-order chi connectivity index (χ0) is 19.0. The average molecular weight is 373 g/mol. The van der Waals surface area contributed by atoms with Gasteiger partial charge in [-0.05, 0) is 37.3 Å². The van der Waals surface area contributed by atoms with Gasteiger partial charge in [0.1, 0.15) is 17.9 Å². The number of benzene rings is 1. The maximum absolute atomic E-state index is 15.1. The molecule has 4 atom stereocenters. The molecule has 1 saturated carbocycles. The average Bonchev–Trinajstić information content (AvgIpc) is 3.10. The zero-order valence-corrected chi connectivity index (χ0v) is 14.8. The number of pyridine rings is 1. The van der Waals surface area contributed by atoms with Gasteiger partial charge in [0.25, 0.3) is 0 Å². The summed E-state index contributed by atoms with van der Waals surface area (Å²) in [5.41, 5.74) is 5.55. The molecular weight excluding hydrogens is 353 g/mol. The molecule has 7 nitrogen and oxygen atoms in total. The van der Waals surface area contributed by atoms with Crippen LogP contribution in [0.4, 0.5) is 10.1 Å². The molecule has 8 heteroatoms. The number of nitrogens with two attached hydrogens (primary N) is 1. The standard InChI is InChI=1S/C19H20FN3O4/c1-8-7-27-18-15-9(17(24)13(19(25)26)6-23(8)15)2-14(20)16(18)22-4-11-10(3-21)12(11)5-22/h2,6,8,10-12H,3-5,7,21H2,1H3,(H,25,26)/t8?,10?,11-,12+. The fourth-order valence-electron chi connectivity index (χ4n) is 4.84. The predicted molar refractivity (Wildman–Crippen MR) is 97.1 cm³/mol. The van der Waals surface area contributed by atoms with Gasteiger partial charge in [0.2, 0.25) is 5.43 Å². The second-order valence-corrected chi connectivity index (χ2v) is 7.81. The summed E-state index contributed by atoms with van der Waals surface area (Å²) in [6.07, 6.45) is 1.34. The lowest BCUT2D eigenvalue weighted by Gasteiger charge is -2.32. The largest absolute Gasteiger partial charge is 0.487 e. The molecule has 5 rings (SSSR count). The van der Waals surface area contributed by atoms with Crippen molar-refractivity contribution in [2.45, 2.75) is 13.0 Å². The molecule has 0 amide bonds. The number of fused-ring (bicyclic) bond motifs is 1. The molecule has 1 aromatic carbocycles. The highest BCUT2D eigenvalue weighted by molar-refractivity contribution is 5.97. The van der Waals surface area contributed by atoms with Crippen LogP contribution < -0.4 is 20.8 Å². The number of ether oxygens (including phenoxy) is 1. The predicted octanol–water partition coefficient (Wildman–Crippen LogP) is 1.43. The Bertz CT molecular complexity index is 1040. The van der Waals surface area contributed by atoms with Crippen molar-refractivity contribution < 1.29 is 19.0 Å². The Morgan fingerprint density at radius 1 is 1.41 bits per heavy atom. The van der Waals surface area contributed by atoms with Crippen LogP contribution in [0.1, 0.15) is 23.3 Å². The van der Waals surface area contributed by atoms with E-state index in [0.29, 0.717) is 41.3 Å². The summed E-state index contributed by atoms with van der Waals surface area (Å²) in [4.78, 5) is 26.0. The smallest absolute Gasteiger partial charge is 0.341 e. The van der Waals surface area contributed by atoms with Gasteiger partial charge in [0.15, 0.2) is 11.6 Å². The number of anilines is 1. The normalized spacial score (nSPS) is 28.2. The van der Waals surface area contributed by atoms with E-state index < -0.39 is 17.2 Å². The van der Waals surface area contributed by atoms with Crippen LogP contribution in [0.25, 0.3) is 10.9 Å². The number of aromatic nitrogens is 1. The third kappa shape index (κ3) is 2.16. The van der Waals surface area contributed by atoms with E-state index in [2.05, 4.69) is 0 Å². The van der Waals surface area contributed by atoms with E-state index in [9.17, 15) is 14.7 Å². The molecule has 0 spiro atoms. The number of carboxylic acid groups (broad SMARTS) is 1. The first-order valence-corrected chi connectivity index (χ1v) is 9.14. The quantitative estimate of drug-likeness (QED) is 0.845. The van der Waals surface area contributed by atoms with Gasteiger partial charge >= 0.3 is 5.97 Å². The lowest BCUT2D eigenvalue weighted by atomic mass is 10.1. The Balaban J connectivity index is 1.72. The summed E-state index contributed by atoms with van der Waals surface area (Å²) in [6, 6.07) is 0.996. The van der Waals surface area contributed by atoms with Crippen molar-refractivity contribution in [2.24, 2.45) is 23.5 Å². The van der Waals surface area contributed by atoms with Gasteiger partial charge in [-0.3, -0.25) is 4.79 Å². The van der Waals surface area contributed by atoms with Gasteiger partial charge in [0.05, 0.1) is 16.9 Å². The van der Waals surface area contributed by atoms with E-state index in [0.717, 1.165) is 19.2 Å². The van der Waals surface area contributed by atoms with Gasteiger partial charge in [-0.1, -0.05) is 0 Å². The highest BCUT2D eigenvalue weighted by Crippen LogP contribution is 2.54. The first-order valence-electron chi connectivity index (χ1n) is 9.14. The zero-order valence-electron chi connectivity index (χ0n) is 14.8. The monoisotopic (exact) mass is 373 g/mol. The van der Waals surface area contributed by atoms with Crippen LogP contribution in [0.5, 0.6) is 5.75 Å². The summed E-state index contributed by atoms with van der Waals surface area (Å²) in [6.45, 7) is 4.25. The Morgan fingerprint density at radius 2 is 2.11 bits per heavy atom. The van der Waals surface area contributed by atoms with E-state index >= 15 is 4.39 Å². The molecule has 2 aromatic rings. The molecule has 2 fully saturated rings. The summed E-state index contributed by atoms with van der Waals surface area (Å²) >= 11 is 0. The molecule has 0 radical (unpaired) electrons. The van der Waals surface area contributed by atoms with E-state index in [1.54, 1.807) is 4.57 Å². The van der Waals surface area contributed by atoms with Crippen LogP contribution >= 0.6 is 0 Å². The van der Waals surface area contributed by atoms with Gasteiger partial charge < -0.3 is 25.0 Å². The molecule has 3 N–H and O–H groups in total. The number of carboxylic acids is 1. The first-order chi connectivity index (χ1) is 12.9. The molecule has 142 valence electrons. The number of hydrogen-bond acceptors (Lipinski definition) is 5. The number of hydrogen-bond donors (Lipinski definition) is 2. The van der Waals surface area contributed by atoms with Crippen molar-refractivity contribution in [1.29, 1.82) is 0 Å². The molecular formula is C19H20FN3O4. The maximum atomic E-state index is 15.1. The van der Waals surface area contributed by atoms with E-state index in [-0.39, 0.29) is 23.6 Å². The summed E-state index contributed by atoms with van der Waals surface area (Å²) < 4.78 is 22.7. The minimum Gasteiger partial charge on any atom is -0.487 e. The summed E-state index contributed by atoms with van der Waals surface area (Å²) in [5.74, 6) is -0.0550. The minimum absolute atomic E-state index is 0.0434. The first kappa shape index (κ1) is 16.6. The Kier molecular flexibility index (Phi) is 3.34. The molecule has 3 heterocycles. The summed E-state index contributed by atoms with van der Waals surface area (Å²) in [5, 5.41) is 9.38. The van der Waals surface area contributed by atoms with Crippen molar-refractivity contribution in [2.75, 3.05) is 31.1 Å². The van der Waals surface area contributed by atoms with Gasteiger partial charge in [0, 0.05) is 19.3 Å². The fourth-order valence-corrected chi connectivity index (χ4v) is 4.84. The van der Waals surface area contributed by atoms with Crippen LogP contribution in [0.2, 0.25) is 0 Å². The van der Waals surface area contributed by atoms with Crippen LogP contribution in [-0.4, -0.2) is 41.9 Å². The molecule has 1 saturated heterocycles. The van der Waals surface area contributed by atoms with Crippen molar-refractivity contribution in [3.8, 4) is 5.75 Å². The van der Waals surface area contributed by atoms with Crippen molar-refractivity contribution in [1.82, 2.24) is 4.57 Å². The van der Waals surface area contributed by atoms with Crippen LogP contribution in [0, 0.1) is 23.6 Å². The topological polar surface area (TPSA) is 97.8 Å². The SMILES string of the molecule is CC1COc2c(N3C[C@@H]4C(CN)[C@@H]4C3)c(F)cc3c(=O)c(C(=O)O)cn1c23. The molecule has 27 heavy (non-hydrogen) atoms. The van der Waals surface area contributed by atoms with Gasteiger partial charge in [-0.25, -0.2) is 9.18 Å². The highest BCUT2D eigenvalue weighted by Gasteiger charge is 2.55. The maximum Gasteiger partial charge on any atom is 0.341 e. The molecule has 2 unspecified atom stereocenters. The van der Waals surface area contributed by atoms with Crippen molar-refractivity contribution in [3.05, 3.63) is 33.9 Å². The van der Waals surface area contributed by atoms with Crippen molar-refractivity contribution >= 4 is 22.6 Å². The van der Waals surface area contributed by atoms with Gasteiger partial charge in [-0.2, -0.15) is 0 Å². The highest BCUT2D eigenvalue weighted by atomic mass is 19.1. The van der Waals surface area contributed by atoms with Crippen LogP contribution in [0.3, 0.4) is 0 Å². The van der Waals surface area contributed by atoms with Crippen LogP contribution in [0.15, 0.2) is 17.1 Å². The summed E-state index contributed by atoms with van der Waals surface area (Å²) in [7, 11) is 0. The van der Waals surface area contributed by atoms with E-state index in [4.69, 9.17) is 10.5 Å². The number of nitrogens with zero attached hydrogens (tertiary/aromatic N) is 2. The van der Waals surface area contributed by atoms with Crippen molar-refractivity contribution in [3.63, 3.8) is 0 Å². The number of aromatic carboxylic acids is 1. The molecule has 2 aliphatic heterocycles. The third-order valence-electron chi connectivity index (χ3n) is 6.33. The number of rotatable bonds is 3. The fraction of sp³-hybridized carbons (Fsp3) is 0.474. The Morgan fingerprint density at radius 3 is 2.74 bits per heavy atom. The van der Waals surface area contributed by atoms with Crippen LogP contribution in [-0.2, 0) is 0 Å². The molecule has 1 aromatic heterocycles. The molecule has 0 bridgehead atoms. The number of piperidine rings is 1. The second kappa shape index (κ2) is 5.45. The molecule has 1 aliphatic carbocycles.